The summed E-state index contributed by atoms with van der Waals surface area (Å²) in [4.78, 5) is 11.7. The fourth-order valence-electron chi connectivity index (χ4n) is 4.17. The third-order valence-electron chi connectivity index (χ3n) is 5.52. The zero-order valence-electron chi connectivity index (χ0n) is 12.6. The lowest BCUT2D eigenvalue weighted by atomic mass is 9.80. The molecule has 2 saturated carbocycles. The predicted octanol–water partition coefficient (Wildman–Crippen LogP) is 4.98. The van der Waals surface area contributed by atoms with Gasteiger partial charge in [-0.2, -0.15) is 0 Å². The van der Waals surface area contributed by atoms with Crippen molar-refractivity contribution in [1.29, 1.82) is 0 Å². The molecule has 2 nitrogen and oxygen atoms in total. The van der Waals surface area contributed by atoms with Gasteiger partial charge in [0.1, 0.15) is 11.7 Å². The summed E-state index contributed by atoms with van der Waals surface area (Å²) in [5.74, 6) is 2.75. The number of carbonyl (C=O) groups is 1. The molecule has 0 aromatic heterocycles. The molecule has 3 aliphatic rings. The highest BCUT2D eigenvalue weighted by Gasteiger charge is 2.38. The van der Waals surface area contributed by atoms with Gasteiger partial charge >= 0.3 is 5.97 Å². The molecule has 1 heterocycles. The fourth-order valence-corrected chi connectivity index (χ4v) is 4.17. The summed E-state index contributed by atoms with van der Waals surface area (Å²) in [6.07, 6.45) is 18.1. The average molecular weight is 276 g/mol. The minimum atomic E-state index is 0.0328. The Balaban J connectivity index is 1.49. The van der Waals surface area contributed by atoms with Crippen LogP contribution < -0.4 is 0 Å². The van der Waals surface area contributed by atoms with Crippen molar-refractivity contribution in [2.75, 3.05) is 0 Å². The summed E-state index contributed by atoms with van der Waals surface area (Å²) in [6, 6.07) is 0. The molecule has 0 spiro atoms. The van der Waals surface area contributed by atoms with Crippen molar-refractivity contribution in [2.45, 2.75) is 77.0 Å². The maximum atomic E-state index is 11.7. The number of ether oxygens (including phenoxy) is 1. The van der Waals surface area contributed by atoms with Crippen molar-refractivity contribution in [1.82, 2.24) is 0 Å². The zero-order valence-corrected chi connectivity index (χ0v) is 12.6. The van der Waals surface area contributed by atoms with Gasteiger partial charge in [0.2, 0.25) is 0 Å². The van der Waals surface area contributed by atoms with E-state index in [2.05, 4.69) is 6.08 Å². The lowest BCUT2D eigenvalue weighted by molar-refractivity contribution is -0.158. The van der Waals surface area contributed by atoms with Gasteiger partial charge in [-0.15, -0.1) is 0 Å². The van der Waals surface area contributed by atoms with Crippen molar-refractivity contribution in [2.24, 2.45) is 17.8 Å². The topological polar surface area (TPSA) is 26.3 Å². The molecule has 1 saturated heterocycles. The smallest absolute Gasteiger partial charge is 0.321 e. The molecular formula is C18H28O2. The lowest BCUT2D eigenvalue weighted by Gasteiger charge is -2.32. The van der Waals surface area contributed by atoms with Gasteiger partial charge in [0, 0.05) is 0 Å². The summed E-state index contributed by atoms with van der Waals surface area (Å²) in [7, 11) is 0. The Kier molecular flexibility index (Phi) is 4.80. The normalized spacial score (nSPS) is 31.1. The molecule has 3 fully saturated rings. The van der Waals surface area contributed by atoms with Gasteiger partial charge in [-0.05, 0) is 30.8 Å². The highest BCUT2D eigenvalue weighted by Crippen LogP contribution is 2.38. The maximum absolute atomic E-state index is 11.7. The molecule has 0 unspecified atom stereocenters. The van der Waals surface area contributed by atoms with E-state index in [-0.39, 0.29) is 11.9 Å². The number of allylic oxidation sites excluding steroid dienone is 1. The quantitative estimate of drug-likeness (QED) is 0.677. The van der Waals surface area contributed by atoms with Gasteiger partial charge in [0.05, 0.1) is 0 Å². The van der Waals surface area contributed by atoms with Crippen LogP contribution in [0.4, 0.5) is 0 Å². The minimum Gasteiger partial charge on any atom is -0.430 e. The van der Waals surface area contributed by atoms with Crippen LogP contribution in [0.3, 0.4) is 0 Å². The standard InChI is InChI=1S/C18H28O2/c19-18-16(13-15-9-5-2-6-10-15)17(20-18)12-11-14-7-3-1-4-8-14/h12,14-16H,1-11,13H2/b17-12-/t16-/m1/s1. The van der Waals surface area contributed by atoms with Crippen molar-refractivity contribution in [3.05, 3.63) is 11.8 Å². The second-order valence-electron chi connectivity index (χ2n) is 7.06. The van der Waals surface area contributed by atoms with E-state index in [1.54, 1.807) is 0 Å². The van der Waals surface area contributed by atoms with E-state index in [1.165, 1.54) is 64.2 Å². The Hall–Kier alpha value is -0.790. The molecule has 0 aromatic rings. The first-order valence-corrected chi connectivity index (χ1v) is 8.74. The molecule has 0 bridgehead atoms. The molecule has 20 heavy (non-hydrogen) atoms. The molecule has 0 radical (unpaired) electrons. The highest BCUT2D eigenvalue weighted by molar-refractivity contribution is 5.83. The highest BCUT2D eigenvalue weighted by atomic mass is 16.6. The van der Waals surface area contributed by atoms with Crippen LogP contribution in [0.1, 0.15) is 77.0 Å². The van der Waals surface area contributed by atoms with Gasteiger partial charge in [0.25, 0.3) is 0 Å². The van der Waals surface area contributed by atoms with E-state index in [4.69, 9.17) is 4.74 Å². The number of carbonyl (C=O) groups excluding carboxylic acids is 1. The van der Waals surface area contributed by atoms with Gasteiger partial charge in [-0.1, -0.05) is 64.2 Å². The number of esters is 1. The van der Waals surface area contributed by atoms with Crippen LogP contribution in [0.5, 0.6) is 0 Å². The number of hydrogen-bond acceptors (Lipinski definition) is 2. The molecule has 0 amide bonds. The third kappa shape index (κ3) is 3.45. The Morgan fingerprint density at radius 1 is 0.900 bits per heavy atom. The number of rotatable bonds is 4. The van der Waals surface area contributed by atoms with Crippen molar-refractivity contribution >= 4 is 5.97 Å². The van der Waals surface area contributed by atoms with Crippen LogP contribution in [-0.2, 0) is 9.53 Å². The molecular weight excluding hydrogens is 248 g/mol. The first-order valence-electron chi connectivity index (χ1n) is 8.74. The van der Waals surface area contributed by atoms with Gasteiger partial charge in [-0.25, -0.2) is 0 Å². The minimum absolute atomic E-state index is 0.0328. The third-order valence-corrected chi connectivity index (χ3v) is 5.52. The van der Waals surface area contributed by atoms with Crippen molar-refractivity contribution in [3.63, 3.8) is 0 Å². The van der Waals surface area contributed by atoms with E-state index in [0.717, 1.165) is 30.4 Å². The van der Waals surface area contributed by atoms with Gasteiger partial charge < -0.3 is 4.74 Å². The molecule has 1 aliphatic heterocycles. The van der Waals surface area contributed by atoms with Crippen LogP contribution >= 0.6 is 0 Å². The Bertz CT molecular complexity index is 360. The fraction of sp³-hybridized carbons (Fsp3) is 0.833. The van der Waals surface area contributed by atoms with Crippen molar-refractivity contribution < 1.29 is 9.53 Å². The van der Waals surface area contributed by atoms with Crippen LogP contribution in [-0.4, -0.2) is 5.97 Å². The molecule has 0 aromatic carbocycles. The molecule has 3 rings (SSSR count). The van der Waals surface area contributed by atoms with Crippen molar-refractivity contribution in [3.8, 4) is 0 Å². The number of hydrogen-bond donors (Lipinski definition) is 0. The maximum Gasteiger partial charge on any atom is 0.321 e. The van der Waals surface area contributed by atoms with Gasteiger partial charge in [-0.3, -0.25) is 4.79 Å². The zero-order chi connectivity index (χ0) is 13.8. The summed E-state index contributed by atoms with van der Waals surface area (Å²) >= 11 is 0. The molecule has 2 aliphatic carbocycles. The summed E-state index contributed by atoms with van der Waals surface area (Å²) < 4.78 is 5.31. The van der Waals surface area contributed by atoms with Crippen LogP contribution in [0.25, 0.3) is 0 Å². The molecule has 2 heteroatoms. The Morgan fingerprint density at radius 3 is 2.10 bits per heavy atom. The summed E-state index contributed by atoms with van der Waals surface area (Å²) in [5.41, 5.74) is 0. The predicted molar refractivity (Wildman–Crippen MR) is 80.0 cm³/mol. The second-order valence-corrected chi connectivity index (χ2v) is 7.06. The SMILES string of the molecule is O=C1O/C(=C\CC2CCCCC2)[C@H]1CC1CCCCC1. The molecule has 0 N–H and O–H groups in total. The van der Waals surface area contributed by atoms with Crippen LogP contribution in [0, 0.1) is 17.8 Å². The first kappa shape index (κ1) is 14.2. The van der Waals surface area contributed by atoms with Crippen LogP contribution in [0.15, 0.2) is 11.8 Å². The first-order chi connectivity index (χ1) is 9.83. The largest absolute Gasteiger partial charge is 0.430 e. The van der Waals surface area contributed by atoms with Gasteiger partial charge in [0.15, 0.2) is 0 Å². The van der Waals surface area contributed by atoms with Crippen LogP contribution in [0.2, 0.25) is 0 Å². The van der Waals surface area contributed by atoms with E-state index in [1.807, 2.05) is 0 Å². The molecule has 1 atom stereocenters. The molecule has 112 valence electrons. The lowest BCUT2D eigenvalue weighted by Crippen LogP contribution is -2.34. The summed E-state index contributed by atoms with van der Waals surface area (Å²) in [5, 5.41) is 0. The number of cyclic esters (lactones) is 1. The Labute approximate surface area is 123 Å². The summed E-state index contributed by atoms with van der Waals surface area (Å²) in [6.45, 7) is 0. The monoisotopic (exact) mass is 276 g/mol. The second kappa shape index (κ2) is 6.78. The van der Waals surface area contributed by atoms with E-state index < -0.39 is 0 Å². The van der Waals surface area contributed by atoms with E-state index in [0.29, 0.717) is 0 Å². The Morgan fingerprint density at radius 2 is 1.50 bits per heavy atom. The van der Waals surface area contributed by atoms with E-state index >= 15 is 0 Å². The average Bonchev–Trinajstić information content (AvgIpc) is 2.51. The van der Waals surface area contributed by atoms with E-state index in [9.17, 15) is 4.79 Å².